The number of hydrogen-bond acceptors (Lipinski definition) is 7. The first kappa shape index (κ1) is 21.0. The molecule has 7 nitrogen and oxygen atoms in total. The Morgan fingerprint density at radius 1 is 1.09 bits per heavy atom. The van der Waals surface area contributed by atoms with Crippen molar-refractivity contribution in [3.63, 3.8) is 0 Å². The number of hydrogen-bond donors (Lipinski definition) is 1. The van der Waals surface area contributed by atoms with Crippen LogP contribution in [0.1, 0.15) is 54.6 Å². The van der Waals surface area contributed by atoms with Gasteiger partial charge in [0.15, 0.2) is 5.79 Å². The van der Waals surface area contributed by atoms with E-state index in [9.17, 15) is 5.11 Å². The van der Waals surface area contributed by atoms with Crippen LogP contribution < -0.4 is 4.74 Å². The van der Waals surface area contributed by atoms with Gasteiger partial charge in [0.2, 0.25) is 5.88 Å². The van der Waals surface area contributed by atoms with Crippen molar-refractivity contribution in [1.29, 1.82) is 0 Å². The quantitative estimate of drug-likeness (QED) is 0.635. The lowest BCUT2D eigenvalue weighted by Crippen LogP contribution is -2.42. The molecule has 4 atom stereocenters. The van der Waals surface area contributed by atoms with Crippen molar-refractivity contribution in [3.05, 3.63) is 59.7 Å². The Labute approximate surface area is 193 Å². The number of pyridine rings is 1. The molecule has 172 valence electrons. The SMILES string of the molecule is Cc1ncc(C2CCC3(CC2O)OCCO3)c(OCC2CC2c2ccc3ccccc3n2)n1. The van der Waals surface area contributed by atoms with Gasteiger partial charge in [-0.1, -0.05) is 24.3 Å². The van der Waals surface area contributed by atoms with E-state index in [-0.39, 0.29) is 5.92 Å². The fourth-order valence-electron chi connectivity index (χ4n) is 5.35. The number of ether oxygens (including phenoxy) is 3. The van der Waals surface area contributed by atoms with Crippen LogP contribution >= 0.6 is 0 Å². The molecule has 1 spiro atoms. The van der Waals surface area contributed by atoms with Crippen molar-refractivity contribution in [1.82, 2.24) is 15.0 Å². The zero-order valence-corrected chi connectivity index (χ0v) is 18.8. The smallest absolute Gasteiger partial charge is 0.220 e. The van der Waals surface area contributed by atoms with Crippen LogP contribution in [-0.2, 0) is 9.47 Å². The van der Waals surface area contributed by atoms with Crippen LogP contribution in [0.2, 0.25) is 0 Å². The van der Waals surface area contributed by atoms with Crippen LogP contribution in [-0.4, -0.2) is 51.8 Å². The highest BCUT2D eigenvalue weighted by molar-refractivity contribution is 5.78. The van der Waals surface area contributed by atoms with E-state index in [2.05, 4.69) is 34.2 Å². The molecule has 1 N–H and O–H groups in total. The predicted octanol–water partition coefficient (Wildman–Crippen LogP) is 3.89. The Kier molecular flexibility index (Phi) is 5.28. The first-order valence-electron chi connectivity index (χ1n) is 11.9. The number of nitrogens with zero attached hydrogens (tertiary/aromatic N) is 3. The van der Waals surface area contributed by atoms with Gasteiger partial charge in [0.1, 0.15) is 5.82 Å². The summed E-state index contributed by atoms with van der Waals surface area (Å²) in [5.41, 5.74) is 3.04. The minimum Gasteiger partial charge on any atom is -0.477 e. The van der Waals surface area contributed by atoms with Crippen molar-refractivity contribution in [3.8, 4) is 5.88 Å². The van der Waals surface area contributed by atoms with Crippen molar-refractivity contribution < 1.29 is 19.3 Å². The molecule has 0 amide bonds. The lowest BCUT2D eigenvalue weighted by Gasteiger charge is -2.39. The molecule has 6 rings (SSSR count). The van der Waals surface area contributed by atoms with Crippen molar-refractivity contribution in [2.45, 2.75) is 56.3 Å². The highest BCUT2D eigenvalue weighted by Crippen LogP contribution is 2.48. The summed E-state index contributed by atoms with van der Waals surface area (Å²) in [6, 6.07) is 12.5. The van der Waals surface area contributed by atoms with Crippen molar-refractivity contribution >= 4 is 10.9 Å². The second kappa shape index (κ2) is 8.31. The van der Waals surface area contributed by atoms with E-state index in [1.54, 1.807) is 0 Å². The van der Waals surface area contributed by atoms with E-state index in [4.69, 9.17) is 19.2 Å². The number of aromatic nitrogens is 3. The Bertz CT molecular complexity index is 1160. The number of rotatable bonds is 5. The predicted molar refractivity (Wildman–Crippen MR) is 122 cm³/mol. The molecule has 2 aromatic heterocycles. The van der Waals surface area contributed by atoms with Gasteiger partial charge < -0.3 is 19.3 Å². The average molecular weight is 448 g/mol. The van der Waals surface area contributed by atoms with Gasteiger partial charge in [0, 0.05) is 53.4 Å². The Morgan fingerprint density at radius 3 is 2.79 bits per heavy atom. The number of fused-ring (bicyclic) bond motifs is 1. The van der Waals surface area contributed by atoms with E-state index in [0.29, 0.717) is 49.8 Å². The molecule has 3 fully saturated rings. The molecule has 2 aliphatic carbocycles. The van der Waals surface area contributed by atoms with Gasteiger partial charge in [0.05, 0.1) is 31.4 Å². The minimum absolute atomic E-state index is 0.0869. The molecule has 3 heterocycles. The first-order valence-corrected chi connectivity index (χ1v) is 11.9. The third-order valence-corrected chi connectivity index (χ3v) is 7.29. The molecule has 1 aromatic carbocycles. The Hall–Kier alpha value is -2.61. The zero-order valence-electron chi connectivity index (χ0n) is 18.8. The topological polar surface area (TPSA) is 86.6 Å². The monoisotopic (exact) mass is 447 g/mol. The maximum absolute atomic E-state index is 10.9. The van der Waals surface area contributed by atoms with Gasteiger partial charge in [-0.2, -0.15) is 4.98 Å². The number of para-hydroxylation sites is 1. The summed E-state index contributed by atoms with van der Waals surface area (Å²) in [5, 5.41) is 12.1. The Balaban J connectivity index is 1.14. The number of aryl methyl sites for hydroxylation is 1. The molecule has 7 heteroatoms. The molecule has 1 saturated heterocycles. The van der Waals surface area contributed by atoms with Crippen LogP contribution in [0.4, 0.5) is 0 Å². The molecular formula is C26H29N3O4. The van der Waals surface area contributed by atoms with Gasteiger partial charge in [-0.05, 0) is 31.9 Å². The maximum Gasteiger partial charge on any atom is 0.220 e. The minimum atomic E-state index is -0.628. The summed E-state index contributed by atoms with van der Waals surface area (Å²) in [7, 11) is 0. The fraction of sp³-hybridized carbons (Fsp3) is 0.500. The largest absolute Gasteiger partial charge is 0.477 e. The Morgan fingerprint density at radius 2 is 1.94 bits per heavy atom. The molecule has 0 bridgehead atoms. The average Bonchev–Trinajstić information content (AvgIpc) is 3.48. The normalized spacial score (nSPS) is 28.3. The molecule has 3 aromatic rings. The van der Waals surface area contributed by atoms with Crippen LogP contribution in [0, 0.1) is 12.8 Å². The van der Waals surface area contributed by atoms with Crippen LogP contribution in [0.3, 0.4) is 0 Å². The summed E-state index contributed by atoms with van der Waals surface area (Å²) in [4.78, 5) is 13.8. The lowest BCUT2D eigenvalue weighted by atomic mass is 9.79. The van der Waals surface area contributed by atoms with Crippen molar-refractivity contribution in [2.75, 3.05) is 19.8 Å². The molecule has 0 radical (unpaired) electrons. The fourth-order valence-corrected chi connectivity index (χ4v) is 5.35. The second-order valence-electron chi connectivity index (χ2n) is 9.54. The van der Waals surface area contributed by atoms with Crippen LogP contribution in [0.15, 0.2) is 42.6 Å². The van der Waals surface area contributed by atoms with E-state index >= 15 is 0 Å². The summed E-state index contributed by atoms with van der Waals surface area (Å²) in [6.07, 6.45) is 4.25. The molecule has 4 unspecified atom stereocenters. The third-order valence-electron chi connectivity index (χ3n) is 7.29. The molecule has 3 aliphatic rings. The van der Waals surface area contributed by atoms with Crippen LogP contribution in [0.5, 0.6) is 5.88 Å². The van der Waals surface area contributed by atoms with Crippen molar-refractivity contribution in [2.24, 2.45) is 5.92 Å². The van der Waals surface area contributed by atoms with E-state index in [1.807, 2.05) is 25.3 Å². The van der Waals surface area contributed by atoms with E-state index < -0.39 is 11.9 Å². The summed E-state index contributed by atoms with van der Waals surface area (Å²) < 4.78 is 17.9. The summed E-state index contributed by atoms with van der Waals surface area (Å²) >= 11 is 0. The maximum atomic E-state index is 10.9. The summed E-state index contributed by atoms with van der Waals surface area (Å²) in [5.74, 6) is 1.38. The standard InChI is InChI=1S/C26H29N3O4/c1-16-27-14-21(19-8-9-26(13-24(19)30)32-10-11-33-26)25(28-16)31-15-18-12-20(18)23-7-6-17-4-2-3-5-22(17)29-23/h2-7,14,18-20,24,30H,8-13,15H2,1H3. The number of benzene rings is 1. The second-order valence-corrected chi connectivity index (χ2v) is 9.54. The molecule has 2 saturated carbocycles. The highest BCUT2D eigenvalue weighted by Gasteiger charge is 2.46. The molecule has 1 aliphatic heterocycles. The van der Waals surface area contributed by atoms with E-state index in [1.165, 1.54) is 0 Å². The van der Waals surface area contributed by atoms with E-state index in [0.717, 1.165) is 41.4 Å². The number of aliphatic hydroxyl groups excluding tert-OH is 1. The van der Waals surface area contributed by atoms with Gasteiger partial charge >= 0.3 is 0 Å². The molecule has 33 heavy (non-hydrogen) atoms. The molecular weight excluding hydrogens is 418 g/mol. The highest BCUT2D eigenvalue weighted by atomic mass is 16.7. The first-order chi connectivity index (χ1) is 16.1. The van der Waals surface area contributed by atoms with Gasteiger partial charge in [-0.25, -0.2) is 4.98 Å². The summed E-state index contributed by atoms with van der Waals surface area (Å²) in [6.45, 7) is 3.63. The van der Waals surface area contributed by atoms with Gasteiger partial charge in [0.25, 0.3) is 0 Å². The number of aliphatic hydroxyl groups is 1. The van der Waals surface area contributed by atoms with Gasteiger partial charge in [-0.15, -0.1) is 0 Å². The lowest BCUT2D eigenvalue weighted by molar-refractivity contribution is -0.199. The van der Waals surface area contributed by atoms with Crippen LogP contribution in [0.25, 0.3) is 10.9 Å². The van der Waals surface area contributed by atoms with Gasteiger partial charge in [-0.3, -0.25) is 4.98 Å². The zero-order chi connectivity index (χ0) is 22.4. The third kappa shape index (κ3) is 4.09.